The second kappa shape index (κ2) is 6.48. The number of aromatic nitrogens is 1. The van der Waals surface area contributed by atoms with Gasteiger partial charge in [-0.25, -0.2) is 0 Å². The average Bonchev–Trinajstić information content (AvgIpc) is 2.30. The first kappa shape index (κ1) is 13.0. The molecule has 1 atom stereocenters. The summed E-state index contributed by atoms with van der Waals surface area (Å²) in [5.41, 5.74) is 2.54. The summed E-state index contributed by atoms with van der Waals surface area (Å²) in [7, 11) is 4.11. The van der Waals surface area contributed by atoms with Crippen LogP contribution in [0.2, 0.25) is 0 Å². The Morgan fingerprint density at radius 2 is 2.25 bits per heavy atom. The lowest BCUT2D eigenvalue weighted by Gasteiger charge is -2.24. The molecule has 0 saturated heterocycles. The fraction of sp³-hybridized carbons (Fsp3) is 0.615. The first-order valence-electron chi connectivity index (χ1n) is 5.97. The van der Waals surface area contributed by atoms with Crippen LogP contribution in [-0.4, -0.2) is 25.6 Å². The predicted octanol–water partition coefficient (Wildman–Crippen LogP) is 2.28. The van der Waals surface area contributed by atoms with Crippen molar-refractivity contribution in [3.8, 4) is 0 Å². The van der Waals surface area contributed by atoms with Gasteiger partial charge in [0.25, 0.3) is 0 Å². The van der Waals surface area contributed by atoms with Crippen molar-refractivity contribution >= 4 is 5.69 Å². The molecule has 0 radical (unpaired) electrons. The lowest BCUT2D eigenvalue weighted by Crippen LogP contribution is -2.25. The highest BCUT2D eigenvalue weighted by Gasteiger charge is 2.09. The molecule has 0 fully saturated rings. The van der Waals surface area contributed by atoms with Crippen molar-refractivity contribution < 1.29 is 0 Å². The molecule has 0 bridgehead atoms. The topological polar surface area (TPSA) is 28.2 Å². The summed E-state index contributed by atoms with van der Waals surface area (Å²) in [6.45, 7) is 6.49. The van der Waals surface area contributed by atoms with Gasteiger partial charge >= 0.3 is 0 Å². The van der Waals surface area contributed by atoms with Gasteiger partial charge in [0.2, 0.25) is 0 Å². The quantitative estimate of drug-likeness (QED) is 0.799. The first-order valence-corrected chi connectivity index (χ1v) is 5.97. The molecule has 1 aromatic rings. The Bertz CT molecular complexity index is 312. The molecule has 0 aromatic carbocycles. The fourth-order valence-corrected chi connectivity index (χ4v) is 1.79. The van der Waals surface area contributed by atoms with Crippen molar-refractivity contribution in [2.45, 2.75) is 26.8 Å². The lowest BCUT2D eigenvalue weighted by atomic mass is 10.1. The van der Waals surface area contributed by atoms with Gasteiger partial charge < -0.3 is 10.2 Å². The van der Waals surface area contributed by atoms with Crippen LogP contribution in [0, 0.1) is 5.92 Å². The summed E-state index contributed by atoms with van der Waals surface area (Å²) >= 11 is 0. The summed E-state index contributed by atoms with van der Waals surface area (Å²) in [5.74, 6) is 0.715. The number of nitrogens with one attached hydrogen (secondary N) is 1. The van der Waals surface area contributed by atoms with Gasteiger partial charge in [-0.1, -0.05) is 20.3 Å². The normalized spacial score (nSPS) is 12.5. The summed E-state index contributed by atoms with van der Waals surface area (Å²) < 4.78 is 0. The second-order valence-electron chi connectivity index (χ2n) is 4.43. The van der Waals surface area contributed by atoms with E-state index in [2.05, 4.69) is 42.2 Å². The average molecular weight is 221 g/mol. The Labute approximate surface area is 98.9 Å². The zero-order valence-electron chi connectivity index (χ0n) is 10.8. The highest BCUT2D eigenvalue weighted by atomic mass is 15.1. The summed E-state index contributed by atoms with van der Waals surface area (Å²) in [4.78, 5) is 6.51. The number of nitrogens with zero attached hydrogens (tertiary/aromatic N) is 2. The molecule has 1 N–H and O–H groups in total. The third-order valence-electron chi connectivity index (χ3n) is 2.95. The molecule has 16 heavy (non-hydrogen) atoms. The van der Waals surface area contributed by atoms with E-state index in [1.807, 2.05) is 19.4 Å². The first-order chi connectivity index (χ1) is 7.69. The van der Waals surface area contributed by atoms with E-state index in [1.54, 1.807) is 0 Å². The van der Waals surface area contributed by atoms with Crippen LogP contribution in [0.4, 0.5) is 5.69 Å². The van der Waals surface area contributed by atoms with E-state index in [-0.39, 0.29) is 0 Å². The minimum Gasteiger partial charge on any atom is -0.373 e. The molecule has 0 aliphatic rings. The molecule has 0 saturated carbocycles. The van der Waals surface area contributed by atoms with Crippen molar-refractivity contribution in [2.75, 3.05) is 25.5 Å². The zero-order valence-corrected chi connectivity index (χ0v) is 10.8. The SMILES string of the molecule is CCC(C)CN(C)c1cnccc1CNC. The van der Waals surface area contributed by atoms with Gasteiger partial charge in [-0.15, -0.1) is 0 Å². The van der Waals surface area contributed by atoms with Gasteiger partial charge in [0, 0.05) is 26.3 Å². The van der Waals surface area contributed by atoms with E-state index < -0.39 is 0 Å². The molecule has 0 spiro atoms. The maximum atomic E-state index is 4.21. The van der Waals surface area contributed by atoms with Crippen LogP contribution in [0.1, 0.15) is 25.8 Å². The van der Waals surface area contributed by atoms with E-state index in [9.17, 15) is 0 Å². The van der Waals surface area contributed by atoms with Crippen LogP contribution in [0.25, 0.3) is 0 Å². The Morgan fingerprint density at radius 1 is 1.50 bits per heavy atom. The third-order valence-corrected chi connectivity index (χ3v) is 2.95. The van der Waals surface area contributed by atoms with E-state index in [0.717, 1.165) is 13.1 Å². The van der Waals surface area contributed by atoms with Crippen molar-refractivity contribution in [1.29, 1.82) is 0 Å². The minimum absolute atomic E-state index is 0.715. The third kappa shape index (κ3) is 3.49. The summed E-state index contributed by atoms with van der Waals surface area (Å²) in [6, 6.07) is 2.08. The Kier molecular flexibility index (Phi) is 5.26. The van der Waals surface area contributed by atoms with Crippen LogP contribution < -0.4 is 10.2 Å². The molecular formula is C13H23N3. The van der Waals surface area contributed by atoms with Crippen LogP contribution in [0.15, 0.2) is 18.5 Å². The number of hydrogen-bond donors (Lipinski definition) is 1. The summed E-state index contributed by atoms with van der Waals surface area (Å²) in [5, 5.41) is 3.19. The largest absolute Gasteiger partial charge is 0.373 e. The van der Waals surface area contributed by atoms with Crippen LogP contribution in [0.3, 0.4) is 0 Å². The minimum atomic E-state index is 0.715. The zero-order chi connectivity index (χ0) is 12.0. The van der Waals surface area contributed by atoms with Gasteiger partial charge in [-0.3, -0.25) is 4.98 Å². The number of pyridine rings is 1. The second-order valence-corrected chi connectivity index (χ2v) is 4.43. The van der Waals surface area contributed by atoms with Crippen molar-refractivity contribution in [1.82, 2.24) is 10.3 Å². The van der Waals surface area contributed by atoms with Gasteiger partial charge in [0.1, 0.15) is 0 Å². The van der Waals surface area contributed by atoms with Crippen molar-refractivity contribution in [3.63, 3.8) is 0 Å². The van der Waals surface area contributed by atoms with E-state index >= 15 is 0 Å². The molecule has 3 nitrogen and oxygen atoms in total. The van der Waals surface area contributed by atoms with Gasteiger partial charge in [-0.05, 0) is 24.6 Å². The van der Waals surface area contributed by atoms with Gasteiger partial charge in [-0.2, -0.15) is 0 Å². The highest BCUT2D eigenvalue weighted by Crippen LogP contribution is 2.19. The molecule has 3 heteroatoms. The Morgan fingerprint density at radius 3 is 2.88 bits per heavy atom. The summed E-state index contributed by atoms with van der Waals surface area (Å²) in [6.07, 6.45) is 5.02. The van der Waals surface area contributed by atoms with Crippen molar-refractivity contribution in [2.24, 2.45) is 5.92 Å². The molecule has 0 aliphatic heterocycles. The fourth-order valence-electron chi connectivity index (χ4n) is 1.79. The van der Waals surface area contributed by atoms with E-state index in [0.29, 0.717) is 5.92 Å². The molecule has 0 amide bonds. The van der Waals surface area contributed by atoms with E-state index in [4.69, 9.17) is 0 Å². The maximum Gasteiger partial charge on any atom is 0.0595 e. The molecule has 1 unspecified atom stereocenters. The molecular weight excluding hydrogens is 198 g/mol. The van der Waals surface area contributed by atoms with Crippen molar-refractivity contribution in [3.05, 3.63) is 24.0 Å². The predicted molar refractivity (Wildman–Crippen MR) is 69.7 cm³/mol. The molecule has 90 valence electrons. The van der Waals surface area contributed by atoms with Crippen LogP contribution in [0.5, 0.6) is 0 Å². The molecule has 1 aromatic heterocycles. The van der Waals surface area contributed by atoms with Gasteiger partial charge in [0.15, 0.2) is 0 Å². The number of anilines is 1. The van der Waals surface area contributed by atoms with E-state index in [1.165, 1.54) is 17.7 Å². The molecule has 1 heterocycles. The Hall–Kier alpha value is -1.09. The van der Waals surface area contributed by atoms with Gasteiger partial charge in [0.05, 0.1) is 11.9 Å². The van der Waals surface area contributed by atoms with Crippen LogP contribution in [-0.2, 0) is 6.54 Å². The highest BCUT2D eigenvalue weighted by molar-refractivity contribution is 5.50. The molecule has 1 rings (SSSR count). The Balaban J connectivity index is 2.77. The van der Waals surface area contributed by atoms with Crippen LogP contribution >= 0.6 is 0 Å². The number of rotatable bonds is 6. The standard InChI is InChI=1S/C13H23N3/c1-5-11(2)10-16(4)13-9-15-7-6-12(13)8-14-3/h6-7,9,11,14H,5,8,10H2,1-4H3. The number of hydrogen-bond acceptors (Lipinski definition) is 3. The molecule has 0 aliphatic carbocycles. The monoisotopic (exact) mass is 221 g/mol. The lowest BCUT2D eigenvalue weighted by molar-refractivity contribution is 0.558. The smallest absolute Gasteiger partial charge is 0.0595 e. The maximum absolute atomic E-state index is 4.21.